The first-order chi connectivity index (χ1) is 15.2. The number of aromatic amines is 1. The third-order valence-corrected chi connectivity index (χ3v) is 8.48. The third kappa shape index (κ3) is 5.67. The summed E-state index contributed by atoms with van der Waals surface area (Å²) in [6.07, 6.45) is -0.695. The predicted molar refractivity (Wildman–Crippen MR) is 126 cm³/mol. The number of aryl methyl sites for hydroxylation is 1. The number of carbonyl (C=O) groups excluding carboxylic acids is 1. The van der Waals surface area contributed by atoms with Crippen LogP contribution in [0.15, 0.2) is 40.1 Å². The van der Waals surface area contributed by atoms with Crippen LogP contribution in [0.3, 0.4) is 0 Å². The Morgan fingerprint density at radius 3 is 2.69 bits per heavy atom. The van der Waals surface area contributed by atoms with Crippen LogP contribution in [-0.2, 0) is 9.47 Å². The topological polar surface area (TPSA) is 111 Å². The molecular formula is C22H28N2O6S2. The number of hydrogen-bond acceptors (Lipinski definition) is 8. The van der Waals surface area contributed by atoms with Crippen LogP contribution in [0.5, 0.6) is 0 Å². The number of benzene rings is 1. The highest BCUT2D eigenvalue weighted by atomic mass is 33.1. The lowest BCUT2D eigenvalue weighted by molar-refractivity contribution is -0.0522. The molecule has 8 nitrogen and oxygen atoms in total. The van der Waals surface area contributed by atoms with Crippen LogP contribution >= 0.6 is 21.6 Å². The van der Waals surface area contributed by atoms with Gasteiger partial charge in [-0.05, 0) is 25.5 Å². The standard InChI is InChI=1S/C22H28N2O6S2/c1-12(2)31-32-14(4)15-7-5-6-8-16(15)21(27)30-17-9-19(29-18(17)11-25)24-10-13(3)20(26)23-22(24)28/h5-8,10,12,14,17-19,25H,9,11H2,1-4H3,(H,23,26,28)/t14?,17-,18?,19-/m1/s1. The number of nitrogens with zero attached hydrogens (tertiary/aromatic N) is 1. The molecule has 3 rings (SSSR count). The van der Waals surface area contributed by atoms with E-state index in [9.17, 15) is 19.5 Å². The van der Waals surface area contributed by atoms with Crippen LogP contribution in [-0.4, -0.2) is 44.7 Å². The van der Waals surface area contributed by atoms with Crippen LogP contribution < -0.4 is 11.2 Å². The van der Waals surface area contributed by atoms with Crippen LogP contribution in [0.25, 0.3) is 0 Å². The molecular weight excluding hydrogens is 452 g/mol. The monoisotopic (exact) mass is 480 g/mol. The second-order valence-electron chi connectivity index (χ2n) is 7.94. The summed E-state index contributed by atoms with van der Waals surface area (Å²) in [6.45, 7) is 7.49. The van der Waals surface area contributed by atoms with E-state index in [-0.39, 0.29) is 18.3 Å². The van der Waals surface area contributed by atoms with E-state index in [1.807, 2.05) is 19.1 Å². The Balaban J connectivity index is 1.77. The highest BCUT2D eigenvalue weighted by Gasteiger charge is 2.39. The average molecular weight is 481 g/mol. The van der Waals surface area contributed by atoms with Gasteiger partial charge in [0.15, 0.2) is 0 Å². The molecule has 1 saturated heterocycles. The molecule has 2 N–H and O–H groups in total. The van der Waals surface area contributed by atoms with Crippen LogP contribution in [0.1, 0.15) is 60.2 Å². The molecule has 0 aliphatic carbocycles. The van der Waals surface area contributed by atoms with Crippen molar-refractivity contribution in [3.8, 4) is 0 Å². The predicted octanol–water partition coefficient (Wildman–Crippen LogP) is 3.20. The lowest BCUT2D eigenvalue weighted by Crippen LogP contribution is -2.33. The number of esters is 1. The van der Waals surface area contributed by atoms with Crippen molar-refractivity contribution in [3.63, 3.8) is 0 Å². The number of nitrogens with one attached hydrogen (secondary N) is 1. The van der Waals surface area contributed by atoms with E-state index in [4.69, 9.17) is 9.47 Å². The lowest BCUT2D eigenvalue weighted by atomic mass is 10.0. The quantitative estimate of drug-likeness (QED) is 0.438. The minimum atomic E-state index is -0.779. The summed E-state index contributed by atoms with van der Waals surface area (Å²) in [5.41, 5.74) is 0.611. The molecule has 10 heteroatoms. The zero-order chi connectivity index (χ0) is 23.4. The van der Waals surface area contributed by atoms with Gasteiger partial charge in [0, 0.05) is 28.7 Å². The van der Waals surface area contributed by atoms with E-state index in [0.29, 0.717) is 16.4 Å². The van der Waals surface area contributed by atoms with Crippen molar-refractivity contribution in [2.45, 2.75) is 63.1 Å². The first-order valence-electron chi connectivity index (χ1n) is 10.4. The lowest BCUT2D eigenvalue weighted by Gasteiger charge is -2.19. The van der Waals surface area contributed by atoms with Crippen LogP contribution in [0.2, 0.25) is 0 Å². The summed E-state index contributed by atoms with van der Waals surface area (Å²) < 4.78 is 12.8. The van der Waals surface area contributed by atoms with Gasteiger partial charge in [0.05, 0.1) is 12.2 Å². The van der Waals surface area contributed by atoms with Crippen molar-refractivity contribution in [1.29, 1.82) is 0 Å². The van der Waals surface area contributed by atoms with Crippen molar-refractivity contribution in [1.82, 2.24) is 9.55 Å². The van der Waals surface area contributed by atoms with Gasteiger partial charge in [-0.2, -0.15) is 0 Å². The molecule has 2 aromatic rings. The van der Waals surface area contributed by atoms with Crippen LogP contribution in [0, 0.1) is 6.92 Å². The number of aliphatic hydroxyl groups excluding tert-OH is 1. The molecule has 2 heterocycles. The number of hydrogen-bond donors (Lipinski definition) is 2. The molecule has 32 heavy (non-hydrogen) atoms. The SMILES string of the molecule is Cc1cn([C@H]2C[C@@H](OC(=O)c3ccccc3C(C)SSC(C)C)C(CO)O2)c(=O)[nH]c1=O. The second kappa shape index (κ2) is 10.7. The van der Waals surface area contributed by atoms with Crippen molar-refractivity contribution in [3.05, 3.63) is 68.0 Å². The van der Waals surface area contributed by atoms with E-state index >= 15 is 0 Å². The Morgan fingerprint density at radius 2 is 2.00 bits per heavy atom. The molecule has 174 valence electrons. The van der Waals surface area contributed by atoms with E-state index < -0.39 is 35.7 Å². The van der Waals surface area contributed by atoms with E-state index in [2.05, 4.69) is 18.8 Å². The summed E-state index contributed by atoms with van der Waals surface area (Å²) in [5, 5.41) is 10.3. The number of aromatic nitrogens is 2. The third-order valence-electron chi connectivity index (χ3n) is 5.09. The Labute approximate surface area is 194 Å². The van der Waals surface area contributed by atoms with Gasteiger partial charge in [-0.1, -0.05) is 53.6 Å². The Bertz CT molecular complexity index is 1070. The maximum atomic E-state index is 13.0. The first-order valence-corrected chi connectivity index (χ1v) is 12.7. The average Bonchev–Trinajstić information content (AvgIpc) is 3.16. The summed E-state index contributed by atoms with van der Waals surface area (Å²) in [7, 11) is 3.44. The highest BCUT2D eigenvalue weighted by molar-refractivity contribution is 8.77. The smallest absolute Gasteiger partial charge is 0.338 e. The van der Waals surface area contributed by atoms with Crippen molar-refractivity contribution in [2.75, 3.05) is 6.61 Å². The van der Waals surface area contributed by atoms with Gasteiger partial charge in [-0.15, -0.1) is 0 Å². The molecule has 4 atom stereocenters. The van der Waals surface area contributed by atoms with Gasteiger partial charge in [0.1, 0.15) is 18.4 Å². The zero-order valence-corrected chi connectivity index (χ0v) is 20.1. The second-order valence-corrected chi connectivity index (χ2v) is 11.1. The van der Waals surface area contributed by atoms with Gasteiger partial charge in [0.2, 0.25) is 0 Å². The van der Waals surface area contributed by atoms with Gasteiger partial charge in [-0.25, -0.2) is 9.59 Å². The molecule has 2 unspecified atom stereocenters. The number of H-pyrrole nitrogens is 1. The summed E-state index contributed by atoms with van der Waals surface area (Å²) >= 11 is 0. The Hall–Kier alpha value is -2.01. The van der Waals surface area contributed by atoms with E-state index in [0.717, 1.165) is 5.56 Å². The fourth-order valence-corrected chi connectivity index (χ4v) is 5.62. The van der Waals surface area contributed by atoms with Crippen molar-refractivity contribution in [2.24, 2.45) is 0 Å². The molecule has 1 aliphatic heterocycles. The molecule has 0 spiro atoms. The molecule has 1 aromatic heterocycles. The van der Waals surface area contributed by atoms with Gasteiger partial charge >= 0.3 is 11.7 Å². The van der Waals surface area contributed by atoms with Gasteiger partial charge in [0.25, 0.3) is 5.56 Å². The van der Waals surface area contributed by atoms with Crippen molar-refractivity contribution < 1.29 is 19.4 Å². The molecule has 0 saturated carbocycles. The largest absolute Gasteiger partial charge is 0.456 e. The fraction of sp³-hybridized carbons (Fsp3) is 0.500. The maximum absolute atomic E-state index is 13.0. The normalized spacial score (nSPS) is 21.6. The minimum Gasteiger partial charge on any atom is -0.456 e. The van der Waals surface area contributed by atoms with Crippen LogP contribution in [0.4, 0.5) is 0 Å². The summed E-state index contributed by atoms with van der Waals surface area (Å²) in [5.74, 6) is -0.500. The van der Waals surface area contributed by atoms with E-state index in [1.54, 1.807) is 40.6 Å². The summed E-state index contributed by atoms with van der Waals surface area (Å²) in [4.78, 5) is 39.1. The molecule has 1 fully saturated rings. The molecule has 0 bridgehead atoms. The van der Waals surface area contributed by atoms with E-state index in [1.165, 1.54) is 10.8 Å². The highest BCUT2D eigenvalue weighted by Crippen LogP contribution is 2.41. The number of rotatable bonds is 8. The number of carbonyl (C=O) groups is 1. The maximum Gasteiger partial charge on any atom is 0.338 e. The Kier molecular flexibility index (Phi) is 8.26. The fourth-order valence-electron chi connectivity index (χ4n) is 3.44. The Morgan fingerprint density at radius 1 is 1.28 bits per heavy atom. The van der Waals surface area contributed by atoms with Gasteiger partial charge < -0.3 is 14.6 Å². The van der Waals surface area contributed by atoms with Crippen molar-refractivity contribution >= 4 is 27.6 Å². The molecule has 1 aromatic carbocycles. The summed E-state index contributed by atoms with van der Waals surface area (Å²) in [6, 6.07) is 7.31. The molecule has 0 radical (unpaired) electrons. The molecule has 0 amide bonds. The molecule has 1 aliphatic rings. The number of ether oxygens (including phenoxy) is 2. The van der Waals surface area contributed by atoms with Gasteiger partial charge in [-0.3, -0.25) is 14.3 Å². The minimum absolute atomic E-state index is 0.0788. The zero-order valence-electron chi connectivity index (χ0n) is 18.4. The first kappa shape index (κ1) is 24.6. The number of aliphatic hydroxyl groups is 1.